The van der Waals surface area contributed by atoms with Crippen LogP contribution in [-0.2, 0) is 9.53 Å². The predicted molar refractivity (Wildman–Crippen MR) is 119 cm³/mol. The zero-order valence-corrected chi connectivity index (χ0v) is 18.2. The number of carbonyl (C=O) groups excluding carboxylic acids is 2. The first kappa shape index (κ1) is 22.4. The van der Waals surface area contributed by atoms with Gasteiger partial charge in [0, 0.05) is 18.8 Å². The normalized spacial score (nSPS) is 16.0. The van der Waals surface area contributed by atoms with Crippen LogP contribution in [0.15, 0.2) is 65.9 Å². The largest absolute Gasteiger partial charge is 0.492 e. The summed E-state index contributed by atoms with van der Waals surface area (Å²) >= 11 is 0. The van der Waals surface area contributed by atoms with Crippen LogP contribution in [0.3, 0.4) is 0 Å². The molecule has 0 bridgehead atoms. The van der Waals surface area contributed by atoms with Crippen LogP contribution in [0.4, 0.5) is 4.79 Å². The van der Waals surface area contributed by atoms with Gasteiger partial charge in [-0.2, -0.15) is 0 Å². The van der Waals surface area contributed by atoms with Crippen molar-refractivity contribution < 1.29 is 19.1 Å². The number of nitrogens with one attached hydrogen (secondary N) is 2. The van der Waals surface area contributed by atoms with Gasteiger partial charge in [-0.15, -0.1) is 0 Å². The molecule has 0 fully saturated rings. The molecule has 3 rings (SSSR count). The molecule has 1 aliphatic rings. The monoisotopic (exact) mass is 423 g/mol. The van der Waals surface area contributed by atoms with E-state index in [9.17, 15) is 9.59 Å². The lowest BCUT2D eigenvalue weighted by molar-refractivity contribution is -0.139. The summed E-state index contributed by atoms with van der Waals surface area (Å²) in [6.45, 7) is 5.50. The molecule has 2 amide bonds. The van der Waals surface area contributed by atoms with Crippen LogP contribution >= 0.6 is 0 Å². The Labute approximate surface area is 183 Å². The van der Waals surface area contributed by atoms with Crippen molar-refractivity contribution in [3.05, 3.63) is 77.0 Å². The standard InChI is InChI=1S/C24H29N3O4/c1-4-30-23(28)21-19(25-24(29)26-22(21)18-11-6-5-7-12-18)16-27(3)14-15-31-20-13-9-8-10-17(20)2/h5-13,22H,4,14-16H2,1-3H3,(H2,25,26,29). The van der Waals surface area contributed by atoms with Gasteiger partial charge in [-0.25, -0.2) is 9.59 Å². The maximum atomic E-state index is 12.8. The van der Waals surface area contributed by atoms with E-state index in [2.05, 4.69) is 10.6 Å². The fourth-order valence-corrected chi connectivity index (χ4v) is 3.47. The number of likely N-dealkylation sites (N-methyl/N-ethyl adjacent to an activating group) is 1. The smallest absolute Gasteiger partial charge is 0.338 e. The van der Waals surface area contributed by atoms with E-state index in [1.165, 1.54) is 0 Å². The van der Waals surface area contributed by atoms with Gasteiger partial charge in [-0.1, -0.05) is 48.5 Å². The van der Waals surface area contributed by atoms with E-state index in [1.807, 2.05) is 73.5 Å². The third kappa shape index (κ3) is 5.86. The fourth-order valence-electron chi connectivity index (χ4n) is 3.47. The molecular weight excluding hydrogens is 394 g/mol. The molecule has 0 saturated carbocycles. The molecule has 1 aliphatic heterocycles. The van der Waals surface area contributed by atoms with Gasteiger partial charge >= 0.3 is 12.0 Å². The van der Waals surface area contributed by atoms with Gasteiger partial charge in [0.2, 0.25) is 0 Å². The Bertz CT molecular complexity index is 943. The van der Waals surface area contributed by atoms with Crippen molar-refractivity contribution in [3.8, 4) is 5.75 Å². The molecule has 1 atom stereocenters. The zero-order valence-electron chi connectivity index (χ0n) is 18.2. The molecular formula is C24H29N3O4. The first-order valence-electron chi connectivity index (χ1n) is 10.4. The van der Waals surface area contributed by atoms with Crippen LogP contribution in [0.5, 0.6) is 5.75 Å². The van der Waals surface area contributed by atoms with E-state index in [-0.39, 0.29) is 12.6 Å². The molecule has 7 nitrogen and oxygen atoms in total. The van der Waals surface area contributed by atoms with Gasteiger partial charge in [-0.05, 0) is 38.1 Å². The zero-order chi connectivity index (χ0) is 22.2. The third-order valence-electron chi connectivity index (χ3n) is 5.03. The number of urea groups is 1. The summed E-state index contributed by atoms with van der Waals surface area (Å²) in [7, 11) is 1.92. The highest BCUT2D eigenvalue weighted by Crippen LogP contribution is 2.28. The van der Waals surface area contributed by atoms with Crippen molar-refractivity contribution in [2.45, 2.75) is 19.9 Å². The first-order valence-corrected chi connectivity index (χ1v) is 10.4. The quantitative estimate of drug-likeness (QED) is 0.606. The Morgan fingerprint density at radius 1 is 1.10 bits per heavy atom. The summed E-state index contributed by atoms with van der Waals surface area (Å²) in [6.07, 6.45) is 0. The number of hydrogen-bond acceptors (Lipinski definition) is 5. The maximum absolute atomic E-state index is 12.8. The first-order chi connectivity index (χ1) is 15.0. The van der Waals surface area contributed by atoms with Gasteiger partial charge < -0.3 is 20.1 Å². The summed E-state index contributed by atoms with van der Waals surface area (Å²) in [6, 6.07) is 16.3. The second kappa shape index (κ2) is 10.6. The molecule has 31 heavy (non-hydrogen) atoms. The van der Waals surface area contributed by atoms with Crippen LogP contribution in [0, 0.1) is 6.92 Å². The number of hydrogen-bond donors (Lipinski definition) is 2. The van der Waals surface area contributed by atoms with E-state index in [0.717, 1.165) is 16.9 Å². The molecule has 0 spiro atoms. The molecule has 1 heterocycles. The second-order valence-corrected chi connectivity index (χ2v) is 7.41. The highest BCUT2D eigenvalue weighted by molar-refractivity contribution is 5.95. The number of para-hydroxylation sites is 1. The number of rotatable bonds is 9. The van der Waals surface area contributed by atoms with E-state index >= 15 is 0 Å². The number of benzene rings is 2. The lowest BCUT2D eigenvalue weighted by atomic mass is 9.95. The number of nitrogens with zero attached hydrogens (tertiary/aromatic N) is 1. The molecule has 7 heteroatoms. The highest BCUT2D eigenvalue weighted by atomic mass is 16.5. The molecule has 2 N–H and O–H groups in total. The van der Waals surface area contributed by atoms with Crippen molar-refractivity contribution in [2.75, 3.05) is 33.4 Å². The highest BCUT2D eigenvalue weighted by Gasteiger charge is 2.33. The van der Waals surface area contributed by atoms with Crippen LogP contribution in [0.1, 0.15) is 24.1 Å². The molecule has 0 radical (unpaired) electrons. The molecule has 2 aromatic carbocycles. The molecule has 164 valence electrons. The predicted octanol–water partition coefficient (Wildman–Crippen LogP) is 3.18. The number of amides is 2. The molecule has 2 aromatic rings. The Morgan fingerprint density at radius 2 is 1.81 bits per heavy atom. The van der Waals surface area contributed by atoms with Gasteiger partial charge in [0.1, 0.15) is 12.4 Å². The summed E-state index contributed by atoms with van der Waals surface area (Å²) < 4.78 is 11.2. The topological polar surface area (TPSA) is 79.9 Å². The van der Waals surface area contributed by atoms with Crippen molar-refractivity contribution in [1.29, 1.82) is 0 Å². The minimum Gasteiger partial charge on any atom is -0.492 e. The Balaban J connectivity index is 1.76. The van der Waals surface area contributed by atoms with Gasteiger partial charge in [0.15, 0.2) is 0 Å². The maximum Gasteiger partial charge on any atom is 0.338 e. The van der Waals surface area contributed by atoms with Crippen LogP contribution in [0.2, 0.25) is 0 Å². The Kier molecular flexibility index (Phi) is 7.67. The Hall–Kier alpha value is -3.32. The van der Waals surface area contributed by atoms with Gasteiger partial charge in [-0.3, -0.25) is 4.90 Å². The van der Waals surface area contributed by atoms with Crippen molar-refractivity contribution in [3.63, 3.8) is 0 Å². The Morgan fingerprint density at radius 3 is 2.52 bits per heavy atom. The fraction of sp³-hybridized carbons (Fsp3) is 0.333. The lowest BCUT2D eigenvalue weighted by Crippen LogP contribution is -2.48. The van der Waals surface area contributed by atoms with Gasteiger partial charge in [0.25, 0.3) is 0 Å². The van der Waals surface area contributed by atoms with E-state index in [4.69, 9.17) is 9.47 Å². The molecule has 0 saturated heterocycles. The number of aryl methyl sites for hydroxylation is 1. The molecule has 1 unspecified atom stereocenters. The average molecular weight is 424 g/mol. The summed E-state index contributed by atoms with van der Waals surface area (Å²) in [5.74, 6) is 0.407. The summed E-state index contributed by atoms with van der Waals surface area (Å²) in [5, 5.41) is 5.64. The van der Waals surface area contributed by atoms with Crippen LogP contribution in [0.25, 0.3) is 0 Å². The van der Waals surface area contributed by atoms with Crippen molar-refractivity contribution in [2.24, 2.45) is 0 Å². The van der Waals surface area contributed by atoms with Crippen LogP contribution < -0.4 is 15.4 Å². The second-order valence-electron chi connectivity index (χ2n) is 7.41. The minimum absolute atomic E-state index is 0.255. The average Bonchev–Trinajstić information content (AvgIpc) is 2.75. The van der Waals surface area contributed by atoms with Crippen LogP contribution in [-0.4, -0.2) is 50.3 Å². The van der Waals surface area contributed by atoms with Crippen molar-refractivity contribution in [1.82, 2.24) is 15.5 Å². The summed E-state index contributed by atoms with van der Waals surface area (Å²) in [4.78, 5) is 27.2. The summed E-state index contributed by atoms with van der Waals surface area (Å²) in [5.41, 5.74) is 2.85. The van der Waals surface area contributed by atoms with Crippen molar-refractivity contribution >= 4 is 12.0 Å². The SMILES string of the molecule is CCOC(=O)C1=C(CN(C)CCOc2ccccc2C)NC(=O)NC1c1ccccc1. The number of carbonyl (C=O) groups is 2. The van der Waals surface area contributed by atoms with E-state index in [0.29, 0.717) is 31.0 Å². The third-order valence-corrected chi connectivity index (χ3v) is 5.03. The molecule has 0 aliphatic carbocycles. The van der Waals surface area contributed by atoms with E-state index < -0.39 is 12.0 Å². The number of ether oxygens (including phenoxy) is 2. The number of esters is 1. The minimum atomic E-state index is -0.569. The van der Waals surface area contributed by atoms with E-state index in [1.54, 1.807) is 6.92 Å². The van der Waals surface area contributed by atoms with Gasteiger partial charge in [0.05, 0.1) is 18.2 Å². The molecule has 0 aromatic heterocycles. The lowest BCUT2D eigenvalue weighted by Gasteiger charge is -2.31.